The molecule has 0 saturated heterocycles. The molecule has 1 aromatic carbocycles. The number of aliphatic hydroxyl groups is 1. The summed E-state index contributed by atoms with van der Waals surface area (Å²) in [5, 5.41) is 20.7. The van der Waals surface area contributed by atoms with Gasteiger partial charge in [0.05, 0.1) is 4.92 Å². The second kappa shape index (κ2) is 3.95. The molecule has 0 fully saturated rings. The molecule has 1 N–H and O–H groups in total. The molecule has 1 aromatic rings. The van der Waals surface area contributed by atoms with Gasteiger partial charge in [0, 0.05) is 12.1 Å². The van der Waals surface area contributed by atoms with Gasteiger partial charge in [0.25, 0.3) is 5.69 Å². The summed E-state index contributed by atoms with van der Waals surface area (Å²) in [6, 6.07) is 5.54. The van der Waals surface area contributed by atoms with Crippen molar-refractivity contribution < 1.29 is 14.8 Å². The molecule has 0 spiro atoms. The van der Waals surface area contributed by atoms with Crippen LogP contribution in [0.4, 0.5) is 5.69 Å². The molecule has 86 valence electrons. The first-order valence-electron chi connectivity index (χ1n) is 4.91. The summed E-state index contributed by atoms with van der Waals surface area (Å²) < 4.78 is 0. The predicted molar refractivity (Wildman–Crippen MR) is 60.3 cm³/mol. The number of nitro groups is 1. The van der Waals surface area contributed by atoms with E-state index in [0.29, 0.717) is 5.56 Å². The highest BCUT2D eigenvalue weighted by Gasteiger charge is 2.25. The van der Waals surface area contributed by atoms with Crippen LogP contribution in [0.2, 0.25) is 0 Å². The Kier molecular flexibility index (Phi) is 2.61. The zero-order chi connectivity index (χ0) is 12.5. The van der Waals surface area contributed by atoms with E-state index in [1.165, 1.54) is 48.6 Å². The Morgan fingerprint density at radius 1 is 1.12 bits per heavy atom. The van der Waals surface area contributed by atoms with Crippen molar-refractivity contribution in [2.75, 3.05) is 0 Å². The molecule has 0 bridgehead atoms. The van der Waals surface area contributed by atoms with Crippen LogP contribution in [0.25, 0.3) is 0 Å². The minimum absolute atomic E-state index is 0.0443. The van der Waals surface area contributed by atoms with Crippen LogP contribution < -0.4 is 0 Å². The third kappa shape index (κ3) is 2.14. The molecule has 5 nitrogen and oxygen atoms in total. The molecule has 0 atom stereocenters. The smallest absolute Gasteiger partial charge is 0.269 e. The van der Waals surface area contributed by atoms with E-state index in [-0.39, 0.29) is 11.5 Å². The number of rotatable bonds is 2. The van der Waals surface area contributed by atoms with Crippen molar-refractivity contribution in [1.82, 2.24) is 0 Å². The largest absolute Gasteiger partial charge is 0.377 e. The molecular formula is C12H9NO4. The highest BCUT2D eigenvalue weighted by atomic mass is 16.6. The fourth-order valence-electron chi connectivity index (χ4n) is 1.57. The maximum Gasteiger partial charge on any atom is 0.269 e. The van der Waals surface area contributed by atoms with E-state index in [4.69, 9.17) is 0 Å². The molecule has 0 radical (unpaired) electrons. The fraction of sp³-hybridized carbons (Fsp3) is 0.0833. The van der Waals surface area contributed by atoms with E-state index in [1.54, 1.807) is 0 Å². The highest BCUT2D eigenvalue weighted by Crippen LogP contribution is 2.28. The van der Waals surface area contributed by atoms with Crippen molar-refractivity contribution in [3.8, 4) is 0 Å². The lowest BCUT2D eigenvalue weighted by molar-refractivity contribution is -0.384. The first-order chi connectivity index (χ1) is 8.01. The van der Waals surface area contributed by atoms with Gasteiger partial charge in [0.1, 0.15) is 5.60 Å². The van der Waals surface area contributed by atoms with Crippen molar-refractivity contribution >= 4 is 11.5 Å². The Hall–Kier alpha value is -2.27. The second-order valence-corrected chi connectivity index (χ2v) is 3.70. The molecule has 2 rings (SSSR count). The van der Waals surface area contributed by atoms with Crippen LogP contribution in [-0.2, 0) is 10.4 Å². The number of carbonyl (C=O) groups is 1. The average molecular weight is 231 g/mol. The molecule has 5 heteroatoms. The number of ketones is 1. The number of nitrogens with zero attached hydrogens (tertiary/aromatic N) is 1. The normalized spacial score (nSPS) is 17.1. The number of non-ortho nitro benzene ring substituents is 1. The minimum Gasteiger partial charge on any atom is -0.377 e. The minimum atomic E-state index is -1.37. The second-order valence-electron chi connectivity index (χ2n) is 3.70. The Labute approximate surface area is 96.8 Å². The number of hydrogen-bond donors (Lipinski definition) is 1. The quantitative estimate of drug-likeness (QED) is 0.617. The van der Waals surface area contributed by atoms with Crippen molar-refractivity contribution in [2.45, 2.75) is 5.60 Å². The first-order valence-corrected chi connectivity index (χ1v) is 4.91. The van der Waals surface area contributed by atoms with Crippen molar-refractivity contribution in [2.24, 2.45) is 0 Å². The molecule has 17 heavy (non-hydrogen) atoms. The lowest BCUT2D eigenvalue weighted by atomic mass is 9.89. The number of allylic oxidation sites excluding steroid dienone is 2. The molecule has 1 aliphatic rings. The monoisotopic (exact) mass is 231 g/mol. The van der Waals surface area contributed by atoms with Crippen LogP contribution >= 0.6 is 0 Å². The summed E-state index contributed by atoms with van der Waals surface area (Å²) in [6.07, 6.45) is 5.25. The topological polar surface area (TPSA) is 80.4 Å². The summed E-state index contributed by atoms with van der Waals surface area (Å²) in [7, 11) is 0. The molecule has 0 heterocycles. The van der Waals surface area contributed by atoms with Gasteiger partial charge in [-0.1, -0.05) is 0 Å². The Bertz CT molecular complexity index is 512. The van der Waals surface area contributed by atoms with E-state index in [0.717, 1.165) is 0 Å². The van der Waals surface area contributed by atoms with Crippen LogP contribution in [0.3, 0.4) is 0 Å². The molecular weight excluding hydrogens is 222 g/mol. The molecule has 0 saturated carbocycles. The summed E-state index contributed by atoms with van der Waals surface area (Å²) in [6.45, 7) is 0. The Balaban J connectivity index is 2.35. The van der Waals surface area contributed by atoms with Gasteiger partial charge in [-0.15, -0.1) is 0 Å². The zero-order valence-corrected chi connectivity index (χ0v) is 8.74. The van der Waals surface area contributed by atoms with Crippen LogP contribution in [-0.4, -0.2) is 15.8 Å². The van der Waals surface area contributed by atoms with Crippen molar-refractivity contribution in [3.63, 3.8) is 0 Å². The third-order valence-electron chi connectivity index (χ3n) is 2.54. The van der Waals surface area contributed by atoms with Crippen molar-refractivity contribution in [1.29, 1.82) is 0 Å². The van der Waals surface area contributed by atoms with E-state index < -0.39 is 10.5 Å². The molecule has 0 unspecified atom stereocenters. The van der Waals surface area contributed by atoms with Crippen molar-refractivity contribution in [3.05, 3.63) is 64.2 Å². The Morgan fingerprint density at radius 2 is 1.65 bits per heavy atom. The molecule has 0 aromatic heterocycles. The third-order valence-corrected chi connectivity index (χ3v) is 2.54. The molecule has 0 amide bonds. The zero-order valence-electron chi connectivity index (χ0n) is 8.74. The first kappa shape index (κ1) is 11.2. The summed E-state index contributed by atoms with van der Waals surface area (Å²) in [4.78, 5) is 20.9. The van der Waals surface area contributed by atoms with Gasteiger partial charge in [0.2, 0.25) is 0 Å². The average Bonchev–Trinajstić information content (AvgIpc) is 2.33. The summed E-state index contributed by atoms with van der Waals surface area (Å²) >= 11 is 0. The maximum atomic E-state index is 11.0. The number of carbonyl (C=O) groups excluding carboxylic acids is 1. The molecule has 1 aliphatic carbocycles. The fourth-order valence-corrected chi connectivity index (χ4v) is 1.57. The van der Waals surface area contributed by atoms with Crippen LogP contribution in [0, 0.1) is 10.1 Å². The van der Waals surface area contributed by atoms with E-state index >= 15 is 0 Å². The SMILES string of the molecule is O=C1C=CC(O)(c2ccc([N+](=O)[O-])cc2)C=C1. The van der Waals surface area contributed by atoms with Crippen LogP contribution in [0.1, 0.15) is 5.56 Å². The lowest BCUT2D eigenvalue weighted by Crippen LogP contribution is -2.22. The standard InChI is InChI=1S/C12H9NO4/c14-11-5-7-12(15,8-6-11)9-1-3-10(4-2-9)13(16)17/h1-8,15H. The summed E-state index contributed by atoms with van der Waals surface area (Å²) in [5.74, 6) is -0.198. The maximum absolute atomic E-state index is 11.0. The van der Waals surface area contributed by atoms with E-state index in [2.05, 4.69) is 0 Å². The van der Waals surface area contributed by atoms with Gasteiger partial charge in [-0.25, -0.2) is 0 Å². The molecule has 0 aliphatic heterocycles. The number of hydrogen-bond acceptors (Lipinski definition) is 4. The lowest BCUT2D eigenvalue weighted by Gasteiger charge is -2.22. The van der Waals surface area contributed by atoms with Crippen LogP contribution in [0.15, 0.2) is 48.6 Å². The van der Waals surface area contributed by atoms with Crippen LogP contribution in [0.5, 0.6) is 0 Å². The van der Waals surface area contributed by atoms with Gasteiger partial charge < -0.3 is 5.11 Å². The highest BCUT2D eigenvalue weighted by molar-refractivity contribution is 6.00. The van der Waals surface area contributed by atoms with Gasteiger partial charge in [0.15, 0.2) is 5.78 Å². The van der Waals surface area contributed by atoms with Gasteiger partial charge in [-0.3, -0.25) is 14.9 Å². The van der Waals surface area contributed by atoms with Gasteiger partial charge in [-0.05, 0) is 42.0 Å². The van der Waals surface area contributed by atoms with Gasteiger partial charge in [-0.2, -0.15) is 0 Å². The predicted octanol–water partition coefficient (Wildman–Crippen LogP) is 1.48. The van der Waals surface area contributed by atoms with Gasteiger partial charge >= 0.3 is 0 Å². The number of nitro benzene ring substituents is 1. The Morgan fingerprint density at radius 3 is 2.12 bits per heavy atom. The number of benzene rings is 1. The summed E-state index contributed by atoms with van der Waals surface area (Å²) in [5.41, 5.74) is -0.941. The van der Waals surface area contributed by atoms with E-state index in [1.807, 2.05) is 0 Å². The van der Waals surface area contributed by atoms with E-state index in [9.17, 15) is 20.0 Å².